The molecule has 0 saturated carbocycles. The topological polar surface area (TPSA) is 172 Å². The van der Waals surface area contributed by atoms with Gasteiger partial charge in [-0.15, -0.1) is 0 Å². The maximum atomic E-state index is 11.6. The third kappa shape index (κ3) is 21.8. The number of unbranched alkanes of at least 4 members (excludes halogenated alkanes) is 1. The average Bonchev–Trinajstić information content (AvgIpc) is 0.794. The molecule has 616 valence electrons. The second kappa shape index (κ2) is 36.2. The fourth-order valence-corrected chi connectivity index (χ4v) is 13.9. The molecule has 122 heavy (non-hydrogen) atoms. The van der Waals surface area contributed by atoms with Crippen LogP contribution in [0.15, 0.2) is 273 Å². The number of hydrogen-bond donors (Lipinski definition) is 0. The van der Waals surface area contributed by atoms with Gasteiger partial charge in [-0.1, -0.05) is 362 Å². The van der Waals surface area contributed by atoms with E-state index in [4.69, 9.17) is 59.8 Å². The number of aryl methyl sites for hydroxylation is 2. The van der Waals surface area contributed by atoms with Gasteiger partial charge in [0.15, 0.2) is 58.2 Å². The van der Waals surface area contributed by atoms with Crippen molar-refractivity contribution in [2.24, 2.45) is 0 Å². The van der Waals surface area contributed by atoms with Crippen LogP contribution in [-0.4, -0.2) is 65.6 Å². The largest absolute Gasteiger partial charge is 0.295 e. The molecule has 0 saturated heterocycles. The Morgan fingerprint density at radius 2 is 0.426 bits per heavy atom. The number of rotatable bonds is 16. The Balaban J connectivity index is 0.000000158. The summed E-state index contributed by atoms with van der Waals surface area (Å²) in [5.41, 5.74) is 25.3. The van der Waals surface area contributed by atoms with Gasteiger partial charge in [0.05, 0.1) is 17.1 Å². The third-order valence-electron chi connectivity index (χ3n) is 22.0. The molecule has 0 amide bonds. The average molecular weight is 1610 g/mol. The summed E-state index contributed by atoms with van der Waals surface area (Å²) in [7, 11) is 0. The number of carbonyl (C=O) groups is 1. The first-order valence-corrected chi connectivity index (χ1v) is 42.5. The van der Waals surface area contributed by atoms with E-state index in [-0.39, 0.29) is 38.3 Å². The smallest absolute Gasteiger partial charge is 0.165 e. The first kappa shape index (κ1) is 87.0. The van der Waals surface area contributed by atoms with Crippen LogP contribution in [0, 0.1) is 6.92 Å². The molecule has 9 aromatic carbocycles. The number of carbonyl (C=O) groups excluding carboxylic acids is 1. The van der Waals surface area contributed by atoms with Crippen molar-refractivity contribution in [2.45, 2.75) is 197 Å². The lowest BCUT2D eigenvalue weighted by atomic mass is 9.86. The molecule has 0 spiro atoms. The predicted molar refractivity (Wildman–Crippen MR) is 504 cm³/mol. The van der Waals surface area contributed by atoms with E-state index in [1.807, 2.05) is 60.9 Å². The summed E-state index contributed by atoms with van der Waals surface area (Å²) in [6.07, 6.45) is 9.05. The first-order chi connectivity index (χ1) is 57.9. The summed E-state index contributed by atoms with van der Waals surface area (Å²) in [6.45, 7) is 45.8. The van der Waals surface area contributed by atoms with Gasteiger partial charge in [0.25, 0.3) is 0 Å². The van der Waals surface area contributed by atoms with Crippen LogP contribution in [0.25, 0.3) is 136 Å². The van der Waals surface area contributed by atoms with Crippen molar-refractivity contribution in [1.29, 1.82) is 0 Å². The van der Waals surface area contributed by atoms with E-state index in [0.717, 1.165) is 90.3 Å². The van der Waals surface area contributed by atoms with E-state index in [1.54, 1.807) is 13.1 Å². The van der Waals surface area contributed by atoms with Crippen LogP contribution in [0.1, 0.15) is 206 Å². The standard InChI is InChI=1S/C38H42N4.C36H36N4O.C35H36N4/c1-8-9-10-26-11-13-27(14-12-26)33-24-19-30(25-39-33)36-41-34(28-15-20-31(21-16-28)37(2,3)4)40-35(42-36)29-17-22-32(23-18-29)38(5,6)7;1-23(41)24-8-10-25(11-9-24)31-21-16-28(22-37-31)34-39-32(26-12-17-29(18-13-26)35(2,3)4)38-33(40-34)27-14-19-30(20-15-27)36(5,6)7;1-23-8-10-24(11-9-23)30-21-16-27(22-36-30)33-38-31(25-12-17-28(18-13-25)34(2,3)4)37-32(39-33)26-14-19-29(20-15-26)35(5,6)7/h11-25H,8-10H2,1-7H3;8-22H,1-7H3;8-22H,1-7H3. The molecule has 13 heteroatoms. The SMILES string of the molecule is CC(=O)c1ccc(-c2ccc(-c3nc(-c4ccc(C(C)(C)C)cc4)nc(-c4ccc(C(C)(C)C)cc4)n3)cn2)cc1.CCCCc1ccc(-c2ccc(-c3nc(-c4ccc(C(C)(C)C)cc4)nc(-c4ccc(C(C)(C)C)cc4)n3)cn2)cc1.Cc1ccc(-c2ccc(-c3nc(-c4ccc(C(C)(C)C)cc4)nc(-c4ccc(C(C)(C)C)cc4)n3)cn2)cc1. The minimum absolute atomic E-state index is 0.0439. The van der Waals surface area contributed by atoms with Crippen molar-refractivity contribution in [3.05, 3.63) is 323 Å². The van der Waals surface area contributed by atoms with Crippen LogP contribution in [0.2, 0.25) is 0 Å². The van der Waals surface area contributed by atoms with Crippen LogP contribution >= 0.6 is 0 Å². The Hall–Kier alpha value is -12.9. The van der Waals surface area contributed by atoms with E-state index >= 15 is 0 Å². The zero-order valence-corrected chi connectivity index (χ0v) is 74.9. The fraction of sp³-hybridized carbons (Fsp3) is 0.275. The van der Waals surface area contributed by atoms with E-state index < -0.39 is 0 Å². The summed E-state index contributed by atoms with van der Waals surface area (Å²) in [5, 5.41) is 0. The van der Waals surface area contributed by atoms with Crippen molar-refractivity contribution in [1.82, 2.24) is 59.8 Å². The molecule has 0 aliphatic rings. The number of benzene rings is 9. The van der Waals surface area contributed by atoms with E-state index in [1.165, 1.54) is 57.3 Å². The molecule has 0 unspecified atom stereocenters. The summed E-state index contributed by atoms with van der Waals surface area (Å²) < 4.78 is 0. The van der Waals surface area contributed by atoms with E-state index in [2.05, 4.69) is 345 Å². The molecule has 0 atom stereocenters. The minimum atomic E-state index is 0.0439. The number of Topliss-reactive ketones (excluding diaryl/α,β-unsaturated/α-hetero) is 1. The Bertz CT molecular complexity index is 5840. The van der Waals surface area contributed by atoms with Crippen LogP contribution in [0.5, 0.6) is 0 Å². The third-order valence-corrected chi connectivity index (χ3v) is 22.0. The van der Waals surface area contributed by atoms with E-state index in [0.29, 0.717) is 58.0 Å². The highest BCUT2D eigenvalue weighted by Gasteiger charge is 2.24. The van der Waals surface area contributed by atoms with Gasteiger partial charge in [-0.3, -0.25) is 19.7 Å². The Kier molecular flexibility index (Phi) is 25.8. The highest BCUT2D eigenvalue weighted by atomic mass is 16.1. The van der Waals surface area contributed by atoms with Crippen molar-refractivity contribution < 1.29 is 4.79 Å². The van der Waals surface area contributed by atoms with Crippen molar-refractivity contribution in [2.75, 3.05) is 0 Å². The van der Waals surface area contributed by atoms with Gasteiger partial charge >= 0.3 is 0 Å². The number of ketones is 1. The van der Waals surface area contributed by atoms with Gasteiger partial charge in [-0.25, -0.2) is 44.9 Å². The van der Waals surface area contributed by atoms with Gasteiger partial charge < -0.3 is 0 Å². The van der Waals surface area contributed by atoms with Gasteiger partial charge in [0, 0.05) is 90.9 Å². The summed E-state index contributed by atoms with van der Waals surface area (Å²) >= 11 is 0. The van der Waals surface area contributed by atoms with Gasteiger partial charge in [-0.2, -0.15) is 0 Å². The molecule has 15 aromatic rings. The van der Waals surface area contributed by atoms with Crippen LogP contribution in [-0.2, 0) is 38.9 Å². The van der Waals surface area contributed by atoms with Crippen LogP contribution in [0.3, 0.4) is 0 Å². The monoisotopic (exact) mass is 1610 g/mol. The molecule has 0 radical (unpaired) electrons. The maximum Gasteiger partial charge on any atom is 0.165 e. The minimum Gasteiger partial charge on any atom is -0.295 e. The number of hydrogen-bond acceptors (Lipinski definition) is 13. The molecule has 0 bridgehead atoms. The lowest BCUT2D eigenvalue weighted by molar-refractivity contribution is 0.101. The van der Waals surface area contributed by atoms with Crippen molar-refractivity contribution >= 4 is 5.78 Å². The quantitative estimate of drug-likeness (QED) is 0.0838. The summed E-state index contributed by atoms with van der Waals surface area (Å²) in [6, 6.07) is 87.8. The van der Waals surface area contributed by atoms with Gasteiger partial charge in [0.2, 0.25) is 0 Å². The Morgan fingerprint density at radius 1 is 0.238 bits per heavy atom. The highest BCUT2D eigenvalue weighted by Crippen LogP contribution is 2.37. The van der Waals surface area contributed by atoms with Crippen molar-refractivity contribution in [3.63, 3.8) is 0 Å². The van der Waals surface area contributed by atoms with Gasteiger partial charge in [0.1, 0.15) is 0 Å². The van der Waals surface area contributed by atoms with Gasteiger partial charge in [-0.05, 0) is 135 Å². The molecular formula is C109H114N12O. The summed E-state index contributed by atoms with van der Waals surface area (Å²) in [5.74, 6) is 5.68. The van der Waals surface area contributed by atoms with Crippen LogP contribution in [0.4, 0.5) is 0 Å². The molecule has 0 aliphatic carbocycles. The van der Waals surface area contributed by atoms with E-state index in [9.17, 15) is 4.79 Å². The molecule has 0 N–H and O–H groups in total. The predicted octanol–water partition coefficient (Wildman–Crippen LogP) is 27.4. The zero-order chi connectivity index (χ0) is 87.1. The molecule has 0 aliphatic heterocycles. The Labute approximate surface area is 722 Å². The second-order valence-corrected chi connectivity index (χ2v) is 38.0. The van der Waals surface area contributed by atoms with Crippen LogP contribution < -0.4 is 0 Å². The van der Waals surface area contributed by atoms with Crippen molar-refractivity contribution in [3.8, 4) is 136 Å². The summed E-state index contributed by atoms with van der Waals surface area (Å²) in [4.78, 5) is 70.0. The lowest BCUT2D eigenvalue weighted by Gasteiger charge is -2.19. The molecule has 6 aromatic heterocycles. The molecular weight excluding hydrogens is 1490 g/mol. The first-order valence-electron chi connectivity index (χ1n) is 42.5. The highest BCUT2D eigenvalue weighted by molar-refractivity contribution is 5.94. The maximum absolute atomic E-state index is 11.6. The number of pyridine rings is 3. The molecule has 15 rings (SSSR count). The molecule has 6 heterocycles. The molecule has 13 nitrogen and oxygen atoms in total. The molecule has 0 fully saturated rings. The normalized spacial score (nSPS) is 11.9. The zero-order valence-electron chi connectivity index (χ0n) is 74.9. The fourth-order valence-electron chi connectivity index (χ4n) is 13.9. The second-order valence-electron chi connectivity index (χ2n) is 38.0. The lowest BCUT2D eigenvalue weighted by Crippen LogP contribution is -2.11. The Morgan fingerprint density at radius 3 is 0.615 bits per heavy atom. The number of nitrogens with zero attached hydrogens (tertiary/aromatic N) is 12. The number of aromatic nitrogens is 12.